The molecular weight excluding hydrogens is 1640 g/mol. The van der Waals surface area contributed by atoms with Crippen molar-refractivity contribution in [2.45, 2.75) is 572 Å². The monoisotopic (exact) mass is 1830 g/mol. The van der Waals surface area contributed by atoms with Crippen LogP contribution in [-0.2, 0) is 0 Å². The molecule has 0 bridgehead atoms. The van der Waals surface area contributed by atoms with Crippen LogP contribution >= 0.6 is 70.6 Å². The molecule has 0 aliphatic carbocycles. The highest BCUT2D eigenvalue weighted by Gasteiger charge is 2.13. The van der Waals surface area contributed by atoms with Crippen molar-refractivity contribution in [1.29, 1.82) is 0 Å². The van der Waals surface area contributed by atoms with Gasteiger partial charge in [0.15, 0.2) is 0 Å². The van der Waals surface area contributed by atoms with Crippen LogP contribution < -0.4 is 0 Å². The molecule has 3 nitrogen and oxygen atoms in total. The van der Waals surface area contributed by atoms with Gasteiger partial charge in [0.1, 0.15) is 0 Å². The third-order valence-corrected chi connectivity index (χ3v) is 32.7. The van der Waals surface area contributed by atoms with Gasteiger partial charge in [0.2, 0.25) is 17.5 Å². The summed E-state index contributed by atoms with van der Waals surface area (Å²) in [4.78, 5) is 23.5. The zero-order valence-electron chi connectivity index (χ0n) is 83.4. The highest BCUT2D eigenvalue weighted by Crippen LogP contribution is 2.37. The molecule has 1 heterocycles. The summed E-state index contributed by atoms with van der Waals surface area (Å²) >= 11 is 12.3. The van der Waals surface area contributed by atoms with E-state index in [0.717, 1.165) is 51.2 Å². The average Bonchev–Trinajstić information content (AvgIpc) is 0.843. The molecule has 714 valence electrons. The molecule has 0 aliphatic rings. The number of hydrogen-bond acceptors (Lipinski definition) is 9. The van der Waals surface area contributed by atoms with Crippen LogP contribution in [0.15, 0.2) is 84.0 Å². The van der Waals surface area contributed by atoms with Crippen LogP contribution in [0.3, 0.4) is 0 Å². The largest absolute Gasteiger partial charge is 0.210 e. The van der Waals surface area contributed by atoms with Gasteiger partial charge < -0.3 is 0 Å². The minimum absolute atomic E-state index is 0.420. The molecule has 0 aliphatic heterocycles. The molecule has 0 amide bonds. The zero-order chi connectivity index (χ0) is 89.3. The molecule has 126 heavy (non-hydrogen) atoms. The maximum Gasteiger partial charge on any atom is 0.210 e. The summed E-state index contributed by atoms with van der Waals surface area (Å²) in [6.07, 6.45) is 108. The van der Waals surface area contributed by atoms with Gasteiger partial charge in [-0.2, -0.15) is 15.0 Å². The summed E-state index contributed by atoms with van der Waals surface area (Å²) in [7, 11) is 0. The van der Waals surface area contributed by atoms with E-state index in [1.165, 1.54) is 530 Å². The maximum atomic E-state index is 5.07. The number of aromatic nitrogens is 3. The van der Waals surface area contributed by atoms with Gasteiger partial charge in [-0.1, -0.05) is 522 Å². The van der Waals surface area contributed by atoms with Gasteiger partial charge in [0.05, 0.1) is 0 Å². The second kappa shape index (κ2) is 90.3. The highest BCUT2D eigenvalue weighted by molar-refractivity contribution is 8.03. The Labute approximate surface area is 809 Å². The standard InChI is InChI=1S/C117H195N3S6/c1-7-13-19-25-31-37-43-49-55-61-67-73-79-97-121-109-91-85-106(103-112(109)124-100-82-76-70-64-58-52-46-40-34-28-22-16-10-4)88-94-115-118-116(95-89-107-86-92-110(122-98-80-74-68-62-56-50-44-38-32-26-20-14-8-2)113(104-107)125-101-83-77-71-65-59-53-47-41-35-29-23-17-11-5)120-117(119-115)96-90-108-87-93-111(123-99-81-75-69-63-57-51-45-39-33-27-21-15-9-3)114(105-108)126-102-84-78-72-66-60-54-48-42-36-30-24-18-12-6/h85-87,91-93,103-105H,7-84,97-102H2,1-6H3. The number of unbranched alkanes of at least 4 members (excludes halogenated alkanes) is 72. The van der Waals surface area contributed by atoms with Gasteiger partial charge in [-0.25, -0.2) is 0 Å². The zero-order valence-corrected chi connectivity index (χ0v) is 88.3. The van der Waals surface area contributed by atoms with E-state index in [2.05, 4.69) is 167 Å². The SMILES string of the molecule is CCCCCCCCCCCCCCCSc1ccc(C#Cc2nc(C#Cc3ccc(SCCCCCCCCCCCCCCC)c(SCCCCCCCCCCCCCCC)c3)nc(C#Cc3ccc(SCCCCCCCCCCCCCCC)c(SCCCCCCCCCCCCCCC)c3)n2)cc1SCCCCCCCCCCCCCCC. The Morgan fingerprint density at radius 2 is 0.278 bits per heavy atom. The molecule has 0 saturated heterocycles. The van der Waals surface area contributed by atoms with E-state index in [1.807, 2.05) is 35.3 Å². The van der Waals surface area contributed by atoms with E-state index in [4.69, 9.17) is 15.0 Å². The number of hydrogen-bond donors (Lipinski definition) is 0. The first kappa shape index (κ1) is 116. The Bertz CT molecular complexity index is 2940. The lowest BCUT2D eigenvalue weighted by atomic mass is 10.1. The van der Waals surface area contributed by atoms with Crippen LogP contribution in [-0.4, -0.2) is 49.5 Å². The summed E-state index contributed by atoms with van der Waals surface area (Å²) in [5, 5.41) is 0. The van der Waals surface area contributed by atoms with Crippen molar-refractivity contribution in [3.8, 4) is 35.5 Å². The highest BCUT2D eigenvalue weighted by atomic mass is 32.2. The van der Waals surface area contributed by atoms with Crippen LogP contribution in [0.5, 0.6) is 0 Å². The minimum atomic E-state index is 0.420. The molecule has 4 rings (SSSR count). The molecule has 0 unspecified atom stereocenters. The van der Waals surface area contributed by atoms with Crippen molar-refractivity contribution < 1.29 is 0 Å². The first-order chi connectivity index (χ1) is 62.5. The van der Waals surface area contributed by atoms with E-state index < -0.39 is 0 Å². The Hall–Kier alpha value is -2.55. The van der Waals surface area contributed by atoms with Gasteiger partial charge in [0.25, 0.3) is 0 Å². The first-order valence-corrected chi connectivity index (χ1v) is 60.9. The van der Waals surface area contributed by atoms with E-state index in [1.54, 1.807) is 0 Å². The first-order valence-electron chi connectivity index (χ1n) is 55.0. The lowest BCUT2D eigenvalue weighted by Gasteiger charge is -2.10. The second-order valence-electron chi connectivity index (χ2n) is 37.6. The molecule has 1 aromatic heterocycles. The third-order valence-electron chi connectivity index (χ3n) is 25.5. The Balaban J connectivity index is 1.64. The van der Waals surface area contributed by atoms with Crippen molar-refractivity contribution >= 4 is 70.6 Å². The number of benzene rings is 3. The van der Waals surface area contributed by atoms with Crippen molar-refractivity contribution in [3.63, 3.8) is 0 Å². The van der Waals surface area contributed by atoms with Gasteiger partial charge in [0, 0.05) is 46.1 Å². The fourth-order valence-corrected chi connectivity index (χ4v) is 24.0. The summed E-state index contributed by atoms with van der Waals surface area (Å²) in [6, 6.07) is 20.9. The fourth-order valence-electron chi connectivity index (χ4n) is 17.2. The number of nitrogens with zero attached hydrogens (tertiary/aromatic N) is 3. The summed E-state index contributed by atoms with van der Waals surface area (Å²) in [5.41, 5.74) is 3.00. The smallest absolute Gasteiger partial charge is 0.193 e. The quantitative estimate of drug-likeness (QED) is 0.0244. The van der Waals surface area contributed by atoms with E-state index >= 15 is 0 Å². The summed E-state index contributed by atoms with van der Waals surface area (Å²) in [6.45, 7) is 13.9. The predicted molar refractivity (Wildman–Crippen MR) is 576 cm³/mol. The molecule has 0 fully saturated rings. The third kappa shape index (κ3) is 69.3. The van der Waals surface area contributed by atoms with E-state index in [9.17, 15) is 0 Å². The lowest BCUT2D eigenvalue weighted by molar-refractivity contribution is 0.543. The van der Waals surface area contributed by atoms with Crippen LogP contribution in [0, 0.1) is 35.5 Å². The lowest BCUT2D eigenvalue weighted by Crippen LogP contribution is -2.01. The summed E-state index contributed by atoms with van der Waals surface area (Å²) in [5.74, 6) is 29.4. The van der Waals surface area contributed by atoms with Crippen molar-refractivity contribution in [2.75, 3.05) is 34.5 Å². The molecule has 0 spiro atoms. The topological polar surface area (TPSA) is 38.7 Å². The van der Waals surface area contributed by atoms with Crippen molar-refractivity contribution in [1.82, 2.24) is 15.0 Å². The Morgan fingerprint density at radius 1 is 0.151 bits per heavy atom. The predicted octanol–water partition coefficient (Wildman–Crippen LogP) is 41.2. The van der Waals surface area contributed by atoms with Crippen LogP contribution in [0.1, 0.15) is 577 Å². The van der Waals surface area contributed by atoms with Crippen molar-refractivity contribution in [2.24, 2.45) is 0 Å². The van der Waals surface area contributed by atoms with Gasteiger partial charge >= 0.3 is 0 Å². The van der Waals surface area contributed by atoms with Gasteiger partial charge in [-0.3, -0.25) is 0 Å². The van der Waals surface area contributed by atoms with Crippen LogP contribution in [0.4, 0.5) is 0 Å². The molecule has 0 saturated carbocycles. The van der Waals surface area contributed by atoms with E-state index in [-0.39, 0.29) is 0 Å². The molecule has 3 aromatic carbocycles. The van der Waals surface area contributed by atoms with Crippen LogP contribution in [0.25, 0.3) is 0 Å². The minimum Gasteiger partial charge on any atom is -0.193 e. The molecule has 0 radical (unpaired) electrons. The molecular formula is C117H195N3S6. The van der Waals surface area contributed by atoms with E-state index in [0.29, 0.717) is 17.5 Å². The van der Waals surface area contributed by atoms with Gasteiger partial charge in [-0.05, 0) is 145 Å². The second-order valence-corrected chi connectivity index (χ2v) is 44.4. The van der Waals surface area contributed by atoms with Crippen LogP contribution in [0.2, 0.25) is 0 Å². The normalized spacial score (nSPS) is 11.4. The number of rotatable bonds is 90. The Morgan fingerprint density at radius 3 is 0.421 bits per heavy atom. The number of thioether (sulfide) groups is 6. The molecule has 0 N–H and O–H groups in total. The van der Waals surface area contributed by atoms with Gasteiger partial charge in [-0.15, -0.1) is 70.6 Å². The van der Waals surface area contributed by atoms with Crippen molar-refractivity contribution in [3.05, 3.63) is 88.8 Å². The molecule has 4 aromatic rings. The average molecular weight is 1840 g/mol. The molecule has 0 atom stereocenters. The maximum absolute atomic E-state index is 5.07. The Kier molecular flexibility index (Phi) is 82.9. The molecule has 9 heteroatoms. The fraction of sp³-hybridized carbons (Fsp3) is 0.769. The summed E-state index contributed by atoms with van der Waals surface area (Å²) < 4.78 is 0.